The van der Waals surface area contributed by atoms with Crippen LogP contribution in [0.2, 0.25) is 10.0 Å². The third-order valence-electron chi connectivity index (χ3n) is 2.82. The number of methoxy groups -OCH3 is 1. The van der Waals surface area contributed by atoms with Crippen LogP contribution in [0.5, 0.6) is 0 Å². The molecular formula is C14H14Cl2N2O2. The van der Waals surface area contributed by atoms with Crippen LogP contribution in [0, 0.1) is 0 Å². The molecule has 4 nitrogen and oxygen atoms in total. The number of ether oxygens (including phenoxy) is 1. The molecule has 106 valence electrons. The molecule has 1 aromatic carbocycles. The molecule has 2 aromatic rings. The van der Waals surface area contributed by atoms with E-state index in [0.717, 1.165) is 5.56 Å². The lowest BCUT2D eigenvalue weighted by atomic mass is 10.1. The maximum absolute atomic E-state index is 12.4. The lowest BCUT2D eigenvalue weighted by Gasteiger charge is -2.07. The van der Waals surface area contributed by atoms with E-state index in [1.807, 2.05) is 12.1 Å². The molecule has 6 heteroatoms. The quantitative estimate of drug-likeness (QED) is 0.769. The minimum Gasteiger partial charge on any atom is -0.383 e. The molecular weight excluding hydrogens is 299 g/mol. The highest BCUT2D eigenvalue weighted by molar-refractivity contribution is 6.33. The van der Waals surface area contributed by atoms with Crippen molar-refractivity contribution in [2.75, 3.05) is 13.7 Å². The summed E-state index contributed by atoms with van der Waals surface area (Å²) in [5.74, 6) is -0.0918. The van der Waals surface area contributed by atoms with Gasteiger partial charge in [-0.2, -0.15) is 5.10 Å². The Labute approximate surface area is 127 Å². The van der Waals surface area contributed by atoms with E-state index in [4.69, 9.17) is 27.9 Å². The number of nitrogens with zero attached hydrogens (tertiary/aromatic N) is 2. The molecule has 0 amide bonds. The van der Waals surface area contributed by atoms with Gasteiger partial charge < -0.3 is 4.74 Å². The summed E-state index contributed by atoms with van der Waals surface area (Å²) in [5, 5.41) is 5.05. The van der Waals surface area contributed by atoms with Crippen molar-refractivity contribution in [3.63, 3.8) is 0 Å². The Balaban J connectivity index is 2.18. The van der Waals surface area contributed by atoms with Gasteiger partial charge in [-0.3, -0.25) is 9.48 Å². The van der Waals surface area contributed by atoms with Crippen LogP contribution in [-0.4, -0.2) is 29.3 Å². The molecule has 0 fully saturated rings. The summed E-state index contributed by atoms with van der Waals surface area (Å²) in [7, 11) is 1.60. The van der Waals surface area contributed by atoms with Crippen molar-refractivity contribution in [1.29, 1.82) is 0 Å². The molecule has 1 heterocycles. The van der Waals surface area contributed by atoms with Crippen molar-refractivity contribution in [2.45, 2.75) is 13.0 Å². The fourth-order valence-corrected chi connectivity index (χ4v) is 2.36. The summed E-state index contributed by atoms with van der Waals surface area (Å²) in [6.45, 7) is 0.954. The maximum atomic E-state index is 12.4. The first-order valence-electron chi connectivity index (χ1n) is 6.09. The number of Topliss-reactive ketones (excluding diaryl/α,β-unsaturated/α-hetero) is 1. The van der Waals surface area contributed by atoms with Gasteiger partial charge >= 0.3 is 0 Å². The van der Waals surface area contributed by atoms with Gasteiger partial charge in [0, 0.05) is 18.6 Å². The topological polar surface area (TPSA) is 44.1 Å². The predicted octanol–water partition coefficient (Wildman–Crippen LogP) is 3.26. The normalized spacial score (nSPS) is 10.8. The molecule has 1 aromatic heterocycles. The number of hydrogen-bond donors (Lipinski definition) is 0. The highest BCUT2D eigenvalue weighted by Crippen LogP contribution is 2.19. The van der Waals surface area contributed by atoms with E-state index in [1.165, 1.54) is 6.20 Å². The third kappa shape index (κ3) is 3.60. The number of benzene rings is 1. The number of carbonyl (C=O) groups is 1. The maximum Gasteiger partial charge on any atom is 0.186 e. The summed E-state index contributed by atoms with van der Waals surface area (Å²) < 4.78 is 6.56. The lowest BCUT2D eigenvalue weighted by Crippen LogP contribution is -2.15. The summed E-state index contributed by atoms with van der Waals surface area (Å²) in [4.78, 5) is 12.4. The largest absolute Gasteiger partial charge is 0.383 e. The van der Waals surface area contributed by atoms with E-state index in [1.54, 1.807) is 23.9 Å². The van der Waals surface area contributed by atoms with Crippen LogP contribution in [0.25, 0.3) is 0 Å². The predicted molar refractivity (Wildman–Crippen MR) is 78.6 cm³/mol. The Morgan fingerprint density at radius 2 is 2.20 bits per heavy atom. The average Bonchev–Trinajstić information content (AvgIpc) is 2.77. The van der Waals surface area contributed by atoms with E-state index in [2.05, 4.69) is 5.10 Å². The van der Waals surface area contributed by atoms with E-state index >= 15 is 0 Å². The minimum absolute atomic E-state index is 0.0918. The number of halogens is 2. The lowest BCUT2D eigenvalue weighted by molar-refractivity contribution is 0.0979. The molecule has 0 aliphatic heterocycles. The molecule has 0 saturated carbocycles. The first kappa shape index (κ1) is 15.0. The van der Waals surface area contributed by atoms with Gasteiger partial charge in [-0.25, -0.2) is 0 Å². The van der Waals surface area contributed by atoms with E-state index in [0.29, 0.717) is 28.9 Å². The van der Waals surface area contributed by atoms with Crippen LogP contribution in [0.3, 0.4) is 0 Å². The number of carbonyl (C=O) groups excluding carboxylic acids is 1. The van der Waals surface area contributed by atoms with Gasteiger partial charge in [-0.1, -0.05) is 35.3 Å². The monoisotopic (exact) mass is 312 g/mol. The Morgan fingerprint density at radius 1 is 1.40 bits per heavy atom. The zero-order valence-electron chi connectivity index (χ0n) is 11.0. The van der Waals surface area contributed by atoms with Gasteiger partial charge in [0.05, 0.1) is 24.4 Å². The van der Waals surface area contributed by atoms with E-state index < -0.39 is 0 Å². The molecule has 0 bridgehead atoms. The van der Waals surface area contributed by atoms with Crippen LogP contribution in [0.15, 0.2) is 30.5 Å². The van der Waals surface area contributed by atoms with Crippen molar-refractivity contribution in [3.05, 3.63) is 51.8 Å². The van der Waals surface area contributed by atoms with E-state index in [-0.39, 0.29) is 12.2 Å². The first-order chi connectivity index (χ1) is 9.61. The minimum atomic E-state index is -0.0918. The average molecular weight is 313 g/mol. The fraction of sp³-hybridized carbons (Fsp3) is 0.286. The van der Waals surface area contributed by atoms with Crippen molar-refractivity contribution in [2.24, 2.45) is 0 Å². The molecule has 0 radical (unpaired) electrons. The van der Waals surface area contributed by atoms with Crippen molar-refractivity contribution < 1.29 is 9.53 Å². The van der Waals surface area contributed by atoms with E-state index in [9.17, 15) is 4.79 Å². The zero-order valence-corrected chi connectivity index (χ0v) is 12.5. The SMILES string of the molecule is COCCn1ncc(Cl)c1C(=O)Cc1cccc(Cl)c1. The fourth-order valence-electron chi connectivity index (χ4n) is 1.90. The molecule has 20 heavy (non-hydrogen) atoms. The molecule has 0 N–H and O–H groups in total. The Bertz CT molecular complexity index is 611. The summed E-state index contributed by atoms with van der Waals surface area (Å²) in [6, 6.07) is 7.21. The van der Waals surface area contributed by atoms with Crippen LogP contribution < -0.4 is 0 Å². The molecule has 0 spiro atoms. The summed E-state index contributed by atoms with van der Waals surface area (Å²) >= 11 is 12.0. The third-order valence-corrected chi connectivity index (χ3v) is 3.33. The molecule has 0 unspecified atom stereocenters. The number of ketones is 1. The number of aromatic nitrogens is 2. The second kappa shape index (κ2) is 6.88. The second-order valence-corrected chi connectivity index (χ2v) is 5.13. The smallest absolute Gasteiger partial charge is 0.186 e. The Morgan fingerprint density at radius 3 is 2.90 bits per heavy atom. The van der Waals surface area contributed by atoms with Gasteiger partial charge in [0.1, 0.15) is 5.69 Å². The van der Waals surface area contributed by atoms with Gasteiger partial charge in [-0.15, -0.1) is 0 Å². The molecule has 0 saturated heterocycles. The zero-order chi connectivity index (χ0) is 14.5. The van der Waals surface area contributed by atoms with Gasteiger partial charge in [0.25, 0.3) is 0 Å². The number of rotatable bonds is 6. The highest BCUT2D eigenvalue weighted by atomic mass is 35.5. The standard InChI is InChI=1S/C14H14Cl2N2O2/c1-20-6-5-18-14(12(16)9-17-18)13(19)8-10-3-2-4-11(15)7-10/h2-4,7,9H,5-6,8H2,1H3. The molecule has 0 aliphatic carbocycles. The molecule has 2 rings (SSSR count). The highest BCUT2D eigenvalue weighted by Gasteiger charge is 2.17. The van der Waals surface area contributed by atoms with Gasteiger partial charge in [0.2, 0.25) is 0 Å². The van der Waals surface area contributed by atoms with Crippen molar-refractivity contribution >= 4 is 29.0 Å². The summed E-state index contributed by atoms with van der Waals surface area (Å²) in [6.07, 6.45) is 1.71. The van der Waals surface area contributed by atoms with Gasteiger partial charge in [-0.05, 0) is 17.7 Å². The van der Waals surface area contributed by atoms with Crippen molar-refractivity contribution in [1.82, 2.24) is 9.78 Å². The number of hydrogen-bond acceptors (Lipinski definition) is 3. The molecule has 0 aliphatic rings. The van der Waals surface area contributed by atoms with Crippen LogP contribution >= 0.6 is 23.2 Å². The Kier molecular flexibility index (Phi) is 5.17. The first-order valence-corrected chi connectivity index (χ1v) is 6.85. The van der Waals surface area contributed by atoms with Crippen molar-refractivity contribution in [3.8, 4) is 0 Å². The van der Waals surface area contributed by atoms with Crippen LogP contribution in [0.4, 0.5) is 0 Å². The summed E-state index contributed by atoms with van der Waals surface area (Å²) in [5.41, 5.74) is 1.25. The second-order valence-electron chi connectivity index (χ2n) is 4.29. The van der Waals surface area contributed by atoms with Gasteiger partial charge in [0.15, 0.2) is 5.78 Å². The Hall–Kier alpha value is -1.36. The van der Waals surface area contributed by atoms with Crippen LogP contribution in [-0.2, 0) is 17.7 Å². The molecule has 0 atom stereocenters. The van der Waals surface area contributed by atoms with Crippen LogP contribution in [0.1, 0.15) is 16.1 Å².